The van der Waals surface area contributed by atoms with E-state index in [-0.39, 0.29) is 18.2 Å². The first-order valence-electron chi connectivity index (χ1n) is 9.08. The Balaban J connectivity index is 1.44. The normalized spacial score (nSPS) is 15.4. The number of carbonyl (C=O) groups is 2. The average molecular weight is 413 g/mol. The molecule has 144 valence electrons. The fourth-order valence-electron chi connectivity index (χ4n) is 3.10. The first-order valence-corrected chi connectivity index (χ1v) is 10.8. The molecule has 0 saturated carbocycles. The van der Waals surface area contributed by atoms with E-state index in [1.807, 2.05) is 46.0 Å². The van der Waals surface area contributed by atoms with Crippen LogP contribution in [-0.4, -0.2) is 29.4 Å². The number of carbonyl (C=O) groups excluding carboxylic acids is 2. The molecule has 0 fully saturated rings. The van der Waals surface area contributed by atoms with Crippen molar-refractivity contribution in [3.8, 4) is 5.75 Å². The van der Waals surface area contributed by atoms with E-state index >= 15 is 0 Å². The summed E-state index contributed by atoms with van der Waals surface area (Å²) in [4.78, 5) is 29.6. The maximum atomic E-state index is 13.0. The number of ether oxygens (including phenoxy) is 1. The van der Waals surface area contributed by atoms with E-state index in [1.165, 1.54) is 4.88 Å². The monoisotopic (exact) mass is 412 g/mol. The number of hydrogen-bond acceptors (Lipinski definition) is 5. The minimum atomic E-state index is -0.810. The Kier molecular flexibility index (Phi) is 5.73. The van der Waals surface area contributed by atoms with Crippen molar-refractivity contribution in [2.75, 3.05) is 11.9 Å². The van der Waals surface area contributed by atoms with Crippen LogP contribution in [0.25, 0.3) is 0 Å². The topological polar surface area (TPSA) is 58.6 Å². The summed E-state index contributed by atoms with van der Waals surface area (Å²) < 4.78 is 5.80. The number of benzene rings is 1. The number of anilines is 1. The van der Waals surface area contributed by atoms with Crippen LogP contribution in [-0.2, 0) is 22.6 Å². The van der Waals surface area contributed by atoms with Crippen molar-refractivity contribution in [3.63, 3.8) is 0 Å². The number of fused-ring (bicyclic) bond motifs is 1. The molecule has 0 unspecified atom stereocenters. The summed E-state index contributed by atoms with van der Waals surface area (Å²) in [5, 5.41) is 6.87. The van der Waals surface area contributed by atoms with Crippen LogP contribution < -0.4 is 10.1 Å². The maximum absolute atomic E-state index is 13.0. The number of hydrogen-bond donors (Lipinski definition) is 1. The average Bonchev–Trinajstić information content (AvgIpc) is 3.39. The van der Waals surface area contributed by atoms with Crippen LogP contribution >= 0.6 is 22.7 Å². The Morgan fingerprint density at radius 2 is 1.79 bits per heavy atom. The van der Waals surface area contributed by atoms with Gasteiger partial charge in [-0.2, -0.15) is 0 Å². The third kappa shape index (κ3) is 4.43. The number of rotatable bonds is 7. The van der Waals surface area contributed by atoms with Crippen molar-refractivity contribution in [1.29, 1.82) is 0 Å². The Morgan fingerprint density at radius 3 is 2.54 bits per heavy atom. The third-order valence-corrected chi connectivity index (χ3v) is 6.35. The smallest absolute Gasteiger partial charge is 0.266 e. The second-order valence-electron chi connectivity index (χ2n) is 6.52. The minimum absolute atomic E-state index is 0.0238. The molecule has 3 heterocycles. The number of amides is 2. The zero-order valence-corrected chi connectivity index (χ0v) is 16.8. The van der Waals surface area contributed by atoms with Crippen molar-refractivity contribution < 1.29 is 14.3 Å². The van der Waals surface area contributed by atoms with Crippen molar-refractivity contribution >= 4 is 40.2 Å². The second-order valence-corrected chi connectivity index (χ2v) is 8.58. The molecule has 4 rings (SSSR count). The van der Waals surface area contributed by atoms with Gasteiger partial charge in [-0.05, 0) is 41.4 Å². The van der Waals surface area contributed by atoms with Crippen LogP contribution in [0.2, 0.25) is 0 Å². The molecular formula is C21H20N2O3S2. The van der Waals surface area contributed by atoms with Gasteiger partial charge in [0.15, 0.2) is 6.10 Å². The predicted octanol–water partition coefficient (Wildman–Crippen LogP) is 4.17. The molecule has 5 nitrogen and oxygen atoms in total. The van der Waals surface area contributed by atoms with Crippen molar-refractivity contribution in [1.82, 2.24) is 4.90 Å². The van der Waals surface area contributed by atoms with Gasteiger partial charge in [-0.3, -0.25) is 9.59 Å². The molecule has 7 heteroatoms. The minimum Gasteiger partial charge on any atom is -0.478 e. The molecule has 0 radical (unpaired) electrons. The number of nitrogens with zero attached hydrogens (tertiary/aromatic N) is 1. The Morgan fingerprint density at radius 1 is 1.04 bits per heavy atom. The molecule has 3 aromatic rings. The Bertz CT molecular complexity index is 938. The van der Waals surface area contributed by atoms with E-state index in [0.29, 0.717) is 24.5 Å². The molecule has 0 spiro atoms. The third-order valence-electron chi connectivity index (χ3n) is 4.55. The highest BCUT2D eigenvalue weighted by Gasteiger charge is 2.31. The van der Waals surface area contributed by atoms with Gasteiger partial charge < -0.3 is 15.0 Å². The van der Waals surface area contributed by atoms with E-state index in [1.54, 1.807) is 34.8 Å². The van der Waals surface area contributed by atoms with Crippen LogP contribution in [0.5, 0.6) is 5.75 Å². The number of para-hydroxylation sites is 2. The highest BCUT2D eigenvalue weighted by atomic mass is 32.1. The first kappa shape index (κ1) is 18.7. The van der Waals surface area contributed by atoms with Gasteiger partial charge in [0.25, 0.3) is 5.91 Å². The van der Waals surface area contributed by atoms with Gasteiger partial charge >= 0.3 is 0 Å². The molecule has 1 aromatic carbocycles. The highest BCUT2D eigenvalue weighted by Crippen LogP contribution is 2.30. The quantitative estimate of drug-likeness (QED) is 0.634. The van der Waals surface area contributed by atoms with Gasteiger partial charge in [0, 0.05) is 16.3 Å². The van der Waals surface area contributed by atoms with Crippen molar-refractivity contribution in [2.24, 2.45) is 0 Å². The molecule has 0 saturated heterocycles. The molecule has 2 aromatic heterocycles. The number of nitrogens with one attached hydrogen (secondary N) is 1. The van der Waals surface area contributed by atoms with Crippen LogP contribution in [0.4, 0.5) is 5.69 Å². The SMILES string of the molecule is O=C1Nc2ccccc2O[C@H]1CC(=O)N(CCc1cccs1)Cc1cccs1. The number of thiophene rings is 2. The van der Waals surface area contributed by atoms with E-state index in [9.17, 15) is 9.59 Å². The summed E-state index contributed by atoms with van der Waals surface area (Å²) in [6, 6.07) is 15.4. The summed E-state index contributed by atoms with van der Waals surface area (Å²) in [5.41, 5.74) is 0.643. The fourth-order valence-corrected chi connectivity index (χ4v) is 4.51. The standard InChI is InChI=1S/C21H20N2O3S2/c24-20(13-19-21(25)22-17-7-1-2-8-18(17)26-19)23(14-16-6-4-12-28-16)10-9-15-5-3-11-27-15/h1-8,11-12,19H,9-10,13-14H2,(H,22,25)/t19-/m0/s1. The van der Waals surface area contributed by atoms with Gasteiger partial charge in [0.2, 0.25) is 5.91 Å². The molecule has 1 atom stereocenters. The lowest BCUT2D eigenvalue weighted by molar-refractivity contribution is -0.137. The van der Waals surface area contributed by atoms with Crippen molar-refractivity contribution in [3.05, 3.63) is 69.0 Å². The fraction of sp³-hybridized carbons (Fsp3) is 0.238. The molecule has 1 aliphatic heterocycles. The lowest BCUT2D eigenvalue weighted by Crippen LogP contribution is -2.42. The van der Waals surface area contributed by atoms with E-state index in [4.69, 9.17) is 4.74 Å². The molecule has 28 heavy (non-hydrogen) atoms. The molecular weight excluding hydrogens is 392 g/mol. The summed E-state index contributed by atoms with van der Waals surface area (Å²) in [5.74, 6) is 0.245. The maximum Gasteiger partial charge on any atom is 0.266 e. The highest BCUT2D eigenvalue weighted by molar-refractivity contribution is 7.10. The molecule has 0 bridgehead atoms. The molecule has 0 aliphatic carbocycles. The van der Waals surface area contributed by atoms with Crippen LogP contribution in [0.15, 0.2) is 59.3 Å². The Labute approximate surface area is 171 Å². The lowest BCUT2D eigenvalue weighted by atomic mass is 10.1. The molecule has 1 aliphatic rings. The zero-order chi connectivity index (χ0) is 19.3. The van der Waals surface area contributed by atoms with E-state index in [2.05, 4.69) is 11.4 Å². The van der Waals surface area contributed by atoms with Gasteiger partial charge in [-0.15, -0.1) is 22.7 Å². The summed E-state index contributed by atoms with van der Waals surface area (Å²) >= 11 is 3.32. The summed E-state index contributed by atoms with van der Waals surface area (Å²) in [6.45, 7) is 1.16. The Hall–Kier alpha value is -2.64. The largest absolute Gasteiger partial charge is 0.478 e. The molecule has 2 amide bonds. The van der Waals surface area contributed by atoms with E-state index in [0.717, 1.165) is 11.3 Å². The van der Waals surface area contributed by atoms with E-state index < -0.39 is 6.10 Å². The second kappa shape index (κ2) is 8.58. The summed E-state index contributed by atoms with van der Waals surface area (Å²) in [7, 11) is 0. The molecule has 1 N–H and O–H groups in total. The summed E-state index contributed by atoms with van der Waals surface area (Å²) in [6.07, 6.45) is 0.0145. The van der Waals surface area contributed by atoms with Crippen LogP contribution in [0.1, 0.15) is 16.2 Å². The van der Waals surface area contributed by atoms with Crippen LogP contribution in [0, 0.1) is 0 Å². The van der Waals surface area contributed by atoms with Gasteiger partial charge in [0.1, 0.15) is 5.75 Å². The van der Waals surface area contributed by atoms with Crippen LogP contribution in [0.3, 0.4) is 0 Å². The van der Waals surface area contributed by atoms with Crippen molar-refractivity contribution in [2.45, 2.75) is 25.5 Å². The predicted molar refractivity (Wildman–Crippen MR) is 112 cm³/mol. The van der Waals surface area contributed by atoms with Gasteiger partial charge in [-0.1, -0.05) is 24.3 Å². The van der Waals surface area contributed by atoms with Gasteiger partial charge in [-0.25, -0.2) is 0 Å². The first-order chi connectivity index (χ1) is 13.7. The van der Waals surface area contributed by atoms with Gasteiger partial charge in [0.05, 0.1) is 18.7 Å². The lowest BCUT2D eigenvalue weighted by Gasteiger charge is -2.28. The zero-order valence-electron chi connectivity index (χ0n) is 15.2.